The number of phenolic OH excluding ortho intramolecular Hbond substituents is 1. The Morgan fingerprint density at radius 1 is 1.40 bits per heavy atom. The van der Waals surface area contributed by atoms with Crippen LogP contribution in [0.2, 0.25) is 0 Å². The molecule has 0 atom stereocenters. The van der Waals surface area contributed by atoms with Crippen LogP contribution in [-0.2, 0) is 0 Å². The number of aromatic hydroxyl groups is 1. The van der Waals surface area contributed by atoms with Crippen LogP contribution in [0.25, 0.3) is 0 Å². The van der Waals surface area contributed by atoms with Gasteiger partial charge in [0.05, 0.1) is 12.7 Å². The first-order valence-electron chi connectivity index (χ1n) is 6.35. The summed E-state index contributed by atoms with van der Waals surface area (Å²) >= 11 is 0. The van der Waals surface area contributed by atoms with Crippen molar-refractivity contribution in [1.82, 2.24) is 4.98 Å². The van der Waals surface area contributed by atoms with Gasteiger partial charge in [-0.2, -0.15) is 0 Å². The van der Waals surface area contributed by atoms with Gasteiger partial charge in [0.25, 0.3) is 5.91 Å². The summed E-state index contributed by atoms with van der Waals surface area (Å²) < 4.78 is 5.51. The number of anilines is 1. The van der Waals surface area contributed by atoms with Gasteiger partial charge in [0, 0.05) is 17.8 Å². The first-order valence-corrected chi connectivity index (χ1v) is 6.35. The molecule has 0 fully saturated rings. The molecule has 5 nitrogen and oxygen atoms in total. The molecular formula is C14H13BN2O3. The minimum atomic E-state index is -0.120. The lowest BCUT2D eigenvalue weighted by molar-refractivity contribution is 0.0976. The average Bonchev–Trinajstić information content (AvgIpc) is 2.49. The predicted octanol–water partition coefficient (Wildman–Crippen LogP) is 0.0848. The van der Waals surface area contributed by atoms with Crippen molar-refractivity contribution in [2.45, 2.75) is 0 Å². The van der Waals surface area contributed by atoms with E-state index in [1.165, 1.54) is 6.07 Å². The minimum absolute atomic E-state index is 0.120. The Hall–Kier alpha value is -2.50. The number of aromatic nitrogens is 1. The summed E-state index contributed by atoms with van der Waals surface area (Å²) in [4.78, 5) is 18.3. The van der Waals surface area contributed by atoms with Crippen LogP contribution in [0.1, 0.15) is 10.4 Å². The lowest BCUT2D eigenvalue weighted by Crippen LogP contribution is -2.38. The van der Waals surface area contributed by atoms with Crippen LogP contribution >= 0.6 is 0 Å². The summed E-state index contributed by atoms with van der Waals surface area (Å²) in [7, 11) is 1.76. The van der Waals surface area contributed by atoms with E-state index in [-0.39, 0.29) is 11.7 Å². The lowest BCUT2D eigenvalue weighted by Gasteiger charge is -2.29. The Labute approximate surface area is 117 Å². The quantitative estimate of drug-likeness (QED) is 0.744. The molecule has 0 radical (unpaired) electrons. The van der Waals surface area contributed by atoms with E-state index in [4.69, 9.17) is 4.74 Å². The number of pyridine rings is 1. The minimum Gasteiger partial charge on any atom is -0.509 e. The second-order valence-electron chi connectivity index (χ2n) is 4.65. The Morgan fingerprint density at radius 2 is 2.25 bits per heavy atom. The van der Waals surface area contributed by atoms with E-state index in [2.05, 4.69) is 4.98 Å². The van der Waals surface area contributed by atoms with Crippen molar-refractivity contribution in [3.63, 3.8) is 0 Å². The molecule has 1 amide bonds. The zero-order valence-corrected chi connectivity index (χ0v) is 11.0. The number of benzene rings is 1. The van der Waals surface area contributed by atoms with E-state index in [9.17, 15) is 9.90 Å². The number of hydrogen-bond acceptors (Lipinski definition) is 4. The van der Waals surface area contributed by atoms with Crippen LogP contribution in [0.5, 0.6) is 11.5 Å². The largest absolute Gasteiger partial charge is 0.509 e. The van der Waals surface area contributed by atoms with Crippen molar-refractivity contribution in [2.75, 3.05) is 18.1 Å². The topological polar surface area (TPSA) is 62.7 Å². The highest BCUT2D eigenvalue weighted by atomic mass is 16.5. The highest BCUT2D eigenvalue weighted by molar-refractivity contribution is 6.34. The molecule has 1 aromatic heterocycles. The van der Waals surface area contributed by atoms with Crippen molar-refractivity contribution < 1.29 is 14.6 Å². The number of rotatable bonds is 1. The van der Waals surface area contributed by atoms with Crippen LogP contribution in [0.3, 0.4) is 0 Å². The molecule has 6 heteroatoms. The standard InChI is InChI=1S/C14H13BN2O3/c15-10-7-9(1-2-12(10)18)14(19)17-5-6-20-13-3-4-16-8-11(13)17/h1-4,7-8,18H,5-6,15H2. The van der Waals surface area contributed by atoms with Crippen molar-refractivity contribution >= 4 is 24.9 Å². The van der Waals surface area contributed by atoms with E-state index in [1.54, 1.807) is 43.3 Å². The van der Waals surface area contributed by atoms with Gasteiger partial charge in [-0.3, -0.25) is 9.78 Å². The molecular weight excluding hydrogens is 255 g/mol. The van der Waals surface area contributed by atoms with Crippen molar-refractivity contribution in [3.05, 3.63) is 42.2 Å². The van der Waals surface area contributed by atoms with E-state index >= 15 is 0 Å². The maximum absolute atomic E-state index is 12.6. The third-order valence-electron chi connectivity index (χ3n) is 3.31. The number of fused-ring (bicyclic) bond motifs is 1. The summed E-state index contributed by atoms with van der Waals surface area (Å²) in [5.41, 5.74) is 1.89. The Bertz CT molecular complexity index is 675. The molecule has 0 bridgehead atoms. The van der Waals surface area contributed by atoms with Crippen molar-refractivity contribution in [1.29, 1.82) is 0 Å². The van der Waals surface area contributed by atoms with Gasteiger partial charge in [0.15, 0.2) is 0 Å². The Kier molecular flexibility index (Phi) is 3.06. The highest BCUT2D eigenvalue weighted by Crippen LogP contribution is 2.31. The summed E-state index contributed by atoms with van der Waals surface area (Å²) in [6, 6.07) is 6.59. The fourth-order valence-corrected chi connectivity index (χ4v) is 2.22. The molecule has 1 N–H and O–H groups in total. The first-order chi connectivity index (χ1) is 9.66. The lowest BCUT2D eigenvalue weighted by atomic mass is 9.93. The average molecular weight is 268 g/mol. The van der Waals surface area contributed by atoms with Crippen LogP contribution < -0.4 is 15.1 Å². The molecule has 2 aromatic rings. The van der Waals surface area contributed by atoms with Gasteiger partial charge >= 0.3 is 0 Å². The summed E-state index contributed by atoms with van der Waals surface area (Å²) in [5.74, 6) is 0.728. The number of carbonyl (C=O) groups is 1. The number of phenols is 1. The normalized spacial score (nSPS) is 13.5. The fraction of sp³-hybridized carbons (Fsp3) is 0.143. The molecule has 0 unspecified atom stereocenters. The summed E-state index contributed by atoms with van der Waals surface area (Å²) in [5, 5.41) is 9.54. The van der Waals surface area contributed by atoms with Gasteiger partial charge in [-0.05, 0) is 17.6 Å². The summed E-state index contributed by atoms with van der Waals surface area (Å²) in [6.45, 7) is 0.942. The van der Waals surface area contributed by atoms with Gasteiger partial charge in [-0.25, -0.2) is 0 Å². The number of hydrogen-bond donors (Lipinski definition) is 1. The van der Waals surface area contributed by atoms with Gasteiger partial charge < -0.3 is 14.7 Å². The zero-order chi connectivity index (χ0) is 14.1. The van der Waals surface area contributed by atoms with Crippen LogP contribution in [-0.4, -0.2) is 37.0 Å². The molecule has 1 aromatic carbocycles. The smallest absolute Gasteiger partial charge is 0.258 e. The Balaban J connectivity index is 1.97. The predicted molar refractivity (Wildman–Crippen MR) is 77.7 cm³/mol. The zero-order valence-electron chi connectivity index (χ0n) is 11.0. The van der Waals surface area contributed by atoms with Crippen molar-refractivity contribution in [2.24, 2.45) is 0 Å². The number of amides is 1. The molecule has 1 aliphatic rings. The van der Waals surface area contributed by atoms with Crippen LogP contribution in [0.15, 0.2) is 36.7 Å². The van der Waals surface area contributed by atoms with Gasteiger partial charge in [0.2, 0.25) is 0 Å². The van der Waals surface area contributed by atoms with Crippen molar-refractivity contribution in [3.8, 4) is 11.5 Å². The number of nitrogens with zero attached hydrogens (tertiary/aromatic N) is 2. The maximum atomic E-state index is 12.6. The molecule has 1 aliphatic heterocycles. The number of ether oxygens (including phenoxy) is 1. The third-order valence-corrected chi connectivity index (χ3v) is 3.31. The van der Waals surface area contributed by atoms with Gasteiger partial charge in [-0.1, -0.05) is 6.07 Å². The fourth-order valence-electron chi connectivity index (χ4n) is 2.22. The Morgan fingerprint density at radius 3 is 3.05 bits per heavy atom. The molecule has 2 heterocycles. The van der Waals surface area contributed by atoms with E-state index in [0.717, 1.165) is 0 Å². The molecule has 100 valence electrons. The molecule has 0 spiro atoms. The maximum Gasteiger partial charge on any atom is 0.258 e. The van der Waals surface area contributed by atoms with Crippen LogP contribution in [0.4, 0.5) is 5.69 Å². The molecule has 0 saturated heterocycles. The van der Waals surface area contributed by atoms with Crippen LogP contribution in [0, 0.1) is 0 Å². The first kappa shape index (κ1) is 12.5. The van der Waals surface area contributed by atoms with E-state index in [1.807, 2.05) is 0 Å². The molecule has 3 rings (SSSR count). The summed E-state index contributed by atoms with van der Waals surface area (Å²) in [6.07, 6.45) is 3.26. The van der Waals surface area contributed by atoms with E-state index in [0.29, 0.717) is 35.6 Å². The number of carbonyl (C=O) groups excluding carboxylic acids is 1. The van der Waals surface area contributed by atoms with Gasteiger partial charge in [-0.15, -0.1) is 0 Å². The molecule has 0 aliphatic carbocycles. The molecule has 20 heavy (non-hydrogen) atoms. The third kappa shape index (κ3) is 2.09. The SMILES string of the molecule is Bc1cc(C(=O)N2CCOc3ccncc32)ccc1O. The molecule has 0 saturated carbocycles. The van der Waals surface area contributed by atoms with Gasteiger partial charge in [0.1, 0.15) is 31.6 Å². The van der Waals surface area contributed by atoms with E-state index < -0.39 is 0 Å². The second-order valence-corrected chi connectivity index (χ2v) is 4.65. The second kappa shape index (κ2) is 4.88. The monoisotopic (exact) mass is 268 g/mol. The highest BCUT2D eigenvalue weighted by Gasteiger charge is 2.24.